The monoisotopic (exact) mass is 436 g/mol. The Morgan fingerprint density at radius 2 is 1.92 bits per heavy atom. The van der Waals surface area contributed by atoms with Crippen molar-refractivity contribution >= 4 is 58.0 Å². The van der Waals surface area contributed by atoms with E-state index in [-0.39, 0.29) is 22.3 Å². The van der Waals surface area contributed by atoms with Crippen LogP contribution < -0.4 is 0 Å². The Morgan fingerprint density at radius 1 is 1.32 bits per heavy atom. The lowest BCUT2D eigenvalue weighted by Gasteiger charge is -2.13. The zero-order valence-corrected chi connectivity index (χ0v) is 15.8. The van der Waals surface area contributed by atoms with E-state index in [4.69, 9.17) is 51.1 Å². The normalized spacial score (nSPS) is 12.9. The van der Waals surface area contributed by atoms with Crippen LogP contribution in [0.2, 0.25) is 5.02 Å². The highest BCUT2D eigenvalue weighted by molar-refractivity contribution is 6.75. The van der Waals surface area contributed by atoms with Gasteiger partial charge in [0.2, 0.25) is 0 Å². The summed E-state index contributed by atoms with van der Waals surface area (Å²) >= 11 is 22.2. The molecule has 2 heterocycles. The van der Waals surface area contributed by atoms with Gasteiger partial charge in [-0.05, 0) is 12.0 Å². The third-order valence-corrected chi connectivity index (χ3v) is 3.99. The Hall–Kier alpha value is -0.890. The Kier molecular flexibility index (Phi) is 5.74. The zero-order chi connectivity index (χ0) is 19.2. The predicted molar refractivity (Wildman–Crippen MR) is 89.4 cm³/mol. The first-order valence-electron chi connectivity index (χ1n) is 6.84. The number of carbonyl (C=O) groups is 1. The van der Waals surface area contributed by atoms with Crippen molar-refractivity contribution in [2.45, 2.75) is 36.3 Å². The van der Waals surface area contributed by atoms with Gasteiger partial charge in [0.1, 0.15) is 6.61 Å². The average molecular weight is 438 g/mol. The molecule has 0 amide bonds. The third-order valence-electron chi connectivity index (χ3n) is 3.25. The summed E-state index contributed by atoms with van der Waals surface area (Å²) in [5, 5.41) is -0.185. The number of nitrogens with zero attached hydrogens (tertiary/aromatic N) is 2. The van der Waals surface area contributed by atoms with E-state index in [0.717, 1.165) is 16.7 Å². The summed E-state index contributed by atoms with van der Waals surface area (Å²) in [5.41, 5.74) is -0.232. The van der Waals surface area contributed by atoms with Gasteiger partial charge in [0, 0.05) is 6.20 Å². The largest absolute Gasteiger partial charge is 0.456 e. The van der Waals surface area contributed by atoms with Crippen LogP contribution >= 0.6 is 46.4 Å². The van der Waals surface area contributed by atoms with E-state index in [1.54, 1.807) is 13.8 Å². The summed E-state index contributed by atoms with van der Waals surface area (Å²) in [6, 6.07) is 0.783. The van der Waals surface area contributed by atoms with E-state index in [2.05, 4.69) is 4.98 Å². The molecule has 0 atom stereocenters. The number of imidazole rings is 1. The number of fused-ring (bicyclic) bond motifs is 1. The van der Waals surface area contributed by atoms with Gasteiger partial charge in [-0.3, -0.25) is 4.40 Å². The molecule has 0 bridgehead atoms. The van der Waals surface area contributed by atoms with Crippen LogP contribution in [0.15, 0.2) is 12.3 Å². The van der Waals surface area contributed by atoms with Crippen LogP contribution in [-0.2, 0) is 22.3 Å². The van der Waals surface area contributed by atoms with Gasteiger partial charge < -0.3 is 4.74 Å². The Bertz CT molecular complexity index is 813. The summed E-state index contributed by atoms with van der Waals surface area (Å²) in [4.78, 5) is 15.9. The lowest BCUT2D eigenvalue weighted by atomic mass is 10.1. The van der Waals surface area contributed by atoms with Crippen molar-refractivity contribution in [3.63, 3.8) is 0 Å². The second kappa shape index (κ2) is 7.02. The number of rotatable bonds is 3. The molecule has 2 aromatic heterocycles. The van der Waals surface area contributed by atoms with E-state index in [0.29, 0.717) is 5.69 Å². The molecule has 138 valence electrons. The van der Waals surface area contributed by atoms with Crippen molar-refractivity contribution in [1.82, 2.24) is 9.38 Å². The van der Waals surface area contributed by atoms with Crippen molar-refractivity contribution in [3.8, 4) is 0 Å². The van der Waals surface area contributed by atoms with Gasteiger partial charge in [-0.2, -0.15) is 13.2 Å². The first-order chi connectivity index (χ1) is 11.3. The maximum absolute atomic E-state index is 13.0. The van der Waals surface area contributed by atoms with E-state index < -0.39 is 28.1 Å². The fourth-order valence-electron chi connectivity index (χ4n) is 2.15. The highest BCUT2D eigenvalue weighted by Crippen LogP contribution is 2.34. The molecule has 0 aliphatic rings. The molecule has 4 nitrogen and oxygen atoms in total. The van der Waals surface area contributed by atoms with E-state index in [1.165, 1.54) is 0 Å². The average Bonchev–Trinajstić information content (AvgIpc) is 2.82. The summed E-state index contributed by atoms with van der Waals surface area (Å²) in [6.45, 7) is 3.13. The lowest BCUT2D eigenvalue weighted by molar-refractivity contribution is -0.144. The van der Waals surface area contributed by atoms with E-state index in [9.17, 15) is 18.0 Å². The summed E-state index contributed by atoms with van der Waals surface area (Å²) < 4.78 is 42.8. The van der Waals surface area contributed by atoms with Crippen LogP contribution in [0.25, 0.3) is 5.65 Å². The number of esters is 1. The van der Waals surface area contributed by atoms with Crippen LogP contribution in [0.1, 0.15) is 36.7 Å². The first-order valence-corrected chi connectivity index (χ1v) is 8.35. The van der Waals surface area contributed by atoms with Crippen molar-refractivity contribution in [2.75, 3.05) is 0 Å². The minimum absolute atomic E-state index is 0.110. The molecule has 0 saturated carbocycles. The Morgan fingerprint density at radius 3 is 2.40 bits per heavy atom. The highest BCUT2D eigenvalue weighted by Gasteiger charge is 2.34. The number of halogens is 7. The smallest absolute Gasteiger partial charge is 0.417 e. The zero-order valence-electron chi connectivity index (χ0n) is 12.8. The molecule has 0 radical (unpaired) electrons. The van der Waals surface area contributed by atoms with Crippen LogP contribution in [0.3, 0.4) is 0 Å². The molecule has 11 heteroatoms. The number of ether oxygens (including phenoxy) is 1. The number of hydrogen-bond acceptors (Lipinski definition) is 3. The number of hydrogen-bond donors (Lipinski definition) is 0. The maximum atomic E-state index is 13.0. The molecule has 2 aromatic rings. The standard InChI is InChI=1S/C14H11Cl4F3N2O2/c1-6(2)10-9(5-25-12(24)13(16,17)18)23-4-7(14(19,20)21)3-8(15)11(23)22-10/h3-4,6H,5H2,1-2H3. The van der Waals surface area contributed by atoms with Gasteiger partial charge in [0.15, 0.2) is 5.65 Å². The number of carbonyl (C=O) groups excluding carboxylic acids is 1. The Balaban J connectivity index is 2.57. The molecule has 0 aliphatic heterocycles. The number of alkyl halides is 6. The van der Waals surface area contributed by atoms with Gasteiger partial charge in [0.25, 0.3) is 3.79 Å². The van der Waals surface area contributed by atoms with Crippen LogP contribution in [0.5, 0.6) is 0 Å². The summed E-state index contributed by atoms with van der Waals surface area (Å²) in [6.07, 6.45) is -3.77. The maximum Gasteiger partial charge on any atom is 0.417 e. The number of pyridine rings is 1. The van der Waals surface area contributed by atoms with Crippen LogP contribution in [0.4, 0.5) is 13.2 Å². The van der Waals surface area contributed by atoms with E-state index in [1.807, 2.05) is 0 Å². The second-order valence-corrected chi connectivity index (χ2v) is 8.13. The quantitative estimate of drug-likeness (QED) is 0.467. The molecule has 0 spiro atoms. The molecule has 0 aromatic carbocycles. The highest BCUT2D eigenvalue weighted by atomic mass is 35.6. The summed E-state index contributed by atoms with van der Waals surface area (Å²) in [7, 11) is 0. The third kappa shape index (κ3) is 4.45. The molecular weight excluding hydrogens is 427 g/mol. The fraction of sp³-hybridized carbons (Fsp3) is 0.429. The van der Waals surface area contributed by atoms with Gasteiger partial charge in [-0.15, -0.1) is 0 Å². The first kappa shape index (κ1) is 20.4. The molecule has 2 rings (SSSR count). The van der Waals surface area contributed by atoms with E-state index >= 15 is 0 Å². The van der Waals surface area contributed by atoms with Crippen LogP contribution in [0, 0.1) is 0 Å². The minimum Gasteiger partial charge on any atom is -0.456 e. The fourth-order valence-corrected chi connectivity index (χ4v) is 2.56. The summed E-state index contributed by atoms with van der Waals surface area (Å²) in [5.74, 6) is -1.33. The van der Waals surface area contributed by atoms with Crippen molar-refractivity contribution in [2.24, 2.45) is 0 Å². The molecule has 0 saturated heterocycles. The SMILES string of the molecule is CC(C)c1nc2c(Cl)cc(C(F)(F)F)cn2c1COC(=O)C(Cl)(Cl)Cl. The lowest BCUT2D eigenvalue weighted by Crippen LogP contribution is -2.22. The second-order valence-electron chi connectivity index (χ2n) is 5.44. The minimum atomic E-state index is -4.61. The van der Waals surface area contributed by atoms with Gasteiger partial charge in [-0.1, -0.05) is 60.3 Å². The predicted octanol–water partition coefficient (Wildman–Crippen LogP) is 5.54. The number of aromatic nitrogens is 2. The van der Waals surface area contributed by atoms with Gasteiger partial charge in [-0.25, -0.2) is 9.78 Å². The molecule has 0 N–H and O–H groups in total. The molecule has 0 aliphatic carbocycles. The Labute approximate surface area is 160 Å². The van der Waals surface area contributed by atoms with Crippen LogP contribution in [-0.4, -0.2) is 19.1 Å². The topological polar surface area (TPSA) is 43.6 Å². The molecular formula is C14H11Cl4F3N2O2. The molecule has 25 heavy (non-hydrogen) atoms. The van der Waals surface area contributed by atoms with Crippen molar-refractivity contribution < 1.29 is 22.7 Å². The van der Waals surface area contributed by atoms with Gasteiger partial charge >= 0.3 is 12.1 Å². The van der Waals surface area contributed by atoms with Crippen molar-refractivity contribution in [3.05, 3.63) is 34.2 Å². The molecule has 0 unspecified atom stereocenters. The molecule has 0 fully saturated rings. The van der Waals surface area contributed by atoms with Gasteiger partial charge in [0.05, 0.1) is 22.0 Å². The van der Waals surface area contributed by atoms with Crippen molar-refractivity contribution in [1.29, 1.82) is 0 Å².